The number of hydrogen-bond donors (Lipinski definition) is 1. The molecule has 0 saturated carbocycles. The molecule has 6 nitrogen and oxygen atoms in total. The Hall–Kier alpha value is -2.24. The van der Waals surface area contributed by atoms with Crippen LogP contribution in [-0.4, -0.2) is 44.5 Å². The number of benzene rings is 1. The molecule has 0 bridgehead atoms. The topological polar surface area (TPSA) is 67.9 Å². The van der Waals surface area contributed by atoms with Gasteiger partial charge in [-0.05, 0) is 32.4 Å². The number of nitrogens with one attached hydrogen (secondary N) is 1. The molecule has 0 aromatic heterocycles. The molecule has 24 heavy (non-hydrogen) atoms. The van der Waals surface area contributed by atoms with Gasteiger partial charge in [0, 0.05) is 19.7 Å². The number of unbranched alkanes of at least 4 members (excludes halogenated alkanes) is 1. The molecular weight excluding hydrogens is 308 g/mol. The number of hydrogen-bond acceptors (Lipinski definition) is 4. The predicted octanol–water partition coefficient (Wildman–Crippen LogP) is 2.93. The van der Waals surface area contributed by atoms with Gasteiger partial charge in [0.2, 0.25) is 11.8 Å². The van der Waals surface area contributed by atoms with Crippen molar-refractivity contribution in [1.82, 2.24) is 4.90 Å². The van der Waals surface area contributed by atoms with Gasteiger partial charge < -0.3 is 19.7 Å². The van der Waals surface area contributed by atoms with Crippen molar-refractivity contribution in [3.05, 3.63) is 18.2 Å². The summed E-state index contributed by atoms with van der Waals surface area (Å²) in [4.78, 5) is 26.8. The largest absolute Gasteiger partial charge is 0.497 e. The van der Waals surface area contributed by atoms with Crippen LogP contribution in [0.5, 0.6) is 11.5 Å². The lowest BCUT2D eigenvalue weighted by molar-refractivity contribution is -0.145. The molecule has 0 saturated heterocycles. The first-order valence-electron chi connectivity index (χ1n) is 8.07. The smallest absolute Gasteiger partial charge is 0.239 e. The van der Waals surface area contributed by atoms with Gasteiger partial charge in [0.15, 0.2) is 0 Å². The number of amides is 2. The van der Waals surface area contributed by atoms with Crippen LogP contribution in [-0.2, 0) is 9.59 Å². The van der Waals surface area contributed by atoms with Gasteiger partial charge in [-0.25, -0.2) is 0 Å². The first-order valence-corrected chi connectivity index (χ1v) is 8.07. The average molecular weight is 336 g/mol. The molecule has 0 fully saturated rings. The van der Waals surface area contributed by atoms with E-state index in [1.807, 2.05) is 0 Å². The molecule has 2 amide bonds. The second-order valence-electron chi connectivity index (χ2n) is 6.23. The molecule has 0 atom stereocenters. The summed E-state index contributed by atoms with van der Waals surface area (Å²) in [5.41, 5.74) is -0.673. The van der Waals surface area contributed by atoms with Crippen molar-refractivity contribution in [2.75, 3.05) is 33.1 Å². The van der Waals surface area contributed by atoms with E-state index in [2.05, 4.69) is 12.2 Å². The van der Waals surface area contributed by atoms with Crippen molar-refractivity contribution in [3.8, 4) is 11.5 Å². The molecule has 6 heteroatoms. The van der Waals surface area contributed by atoms with E-state index in [0.29, 0.717) is 23.7 Å². The summed E-state index contributed by atoms with van der Waals surface area (Å²) < 4.78 is 10.4. The molecule has 134 valence electrons. The first kappa shape index (κ1) is 19.8. The molecule has 1 N–H and O–H groups in total. The molecule has 0 heterocycles. The van der Waals surface area contributed by atoms with Gasteiger partial charge in [0.25, 0.3) is 0 Å². The van der Waals surface area contributed by atoms with Gasteiger partial charge in [-0.1, -0.05) is 13.3 Å². The fourth-order valence-corrected chi connectivity index (χ4v) is 2.25. The van der Waals surface area contributed by atoms with Gasteiger partial charge in [-0.2, -0.15) is 0 Å². The van der Waals surface area contributed by atoms with Gasteiger partial charge >= 0.3 is 0 Å². The summed E-state index contributed by atoms with van der Waals surface area (Å²) in [5.74, 6) is 0.519. The standard InChI is InChI=1S/C18H28N2O4/c1-7-8-11-20(4)17(22)18(2,3)16(21)19-14-10-9-13(23-5)12-15(14)24-6/h9-10,12H,7-8,11H2,1-6H3,(H,19,21). The Kier molecular flexibility index (Phi) is 7.07. The summed E-state index contributed by atoms with van der Waals surface area (Å²) >= 11 is 0. The van der Waals surface area contributed by atoms with Crippen molar-refractivity contribution >= 4 is 17.5 Å². The zero-order valence-corrected chi connectivity index (χ0v) is 15.4. The van der Waals surface area contributed by atoms with Crippen LogP contribution >= 0.6 is 0 Å². The summed E-state index contributed by atoms with van der Waals surface area (Å²) in [6.07, 6.45) is 1.90. The average Bonchev–Trinajstić information content (AvgIpc) is 2.58. The summed E-state index contributed by atoms with van der Waals surface area (Å²) in [5, 5.41) is 2.78. The molecule has 0 unspecified atom stereocenters. The van der Waals surface area contributed by atoms with E-state index in [4.69, 9.17) is 9.47 Å². The molecule has 0 spiro atoms. The van der Waals surface area contributed by atoms with E-state index < -0.39 is 5.41 Å². The minimum absolute atomic E-state index is 0.207. The van der Waals surface area contributed by atoms with E-state index in [0.717, 1.165) is 12.8 Å². The van der Waals surface area contributed by atoms with Crippen molar-refractivity contribution in [3.63, 3.8) is 0 Å². The van der Waals surface area contributed by atoms with E-state index in [1.165, 1.54) is 7.11 Å². The highest BCUT2D eigenvalue weighted by Crippen LogP contribution is 2.31. The van der Waals surface area contributed by atoms with E-state index in [9.17, 15) is 9.59 Å². The number of methoxy groups -OCH3 is 2. The lowest BCUT2D eigenvalue weighted by atomic mass is 9.90. The van der Waals surface area contributed by atoms with E-state index in [-0.39, 0.29) is 11.8 Å². The van der Waals surface area contributed by atoms with Crippen molar-refractivity contribution in [2.24, 2.45) is 5.41 Å². The highest BCUT2D eigenvalue weighted by molar-refractivity contribution is 6.10. The minimum atomic E-state index is -1.17. The number of anilines is 1. The van der Waals surface area contributed by atoms with Crippen LogP contribution in [0.3, 0.4) is 0 Å². The van der Waals surface area contributed by atoms with Crippen LogP contribution in [0.25, 0.3) is 0 Å². The summed E-state index contributed by atoms with van der Waals surface area (Å²) in [7, 11) is 4.79. The maximum Gasteiger partial charge on any atom is 0.239 e. The van der Waals surface area contributed by atoms with Crippen LogP contribution in [0.15, 0.2) is 18.2 Å². The Bertz CT molecular complexity index is 584. The summed E-state index contributed by atoms with van der Waals surface area (Å²) in [6.45, 7) is 5.95. The van der Waals surface area contributed by atoms with E-state index in [1.54, 1.807) is 51.1 Å². The van der Waals surface area contributed by atoms with Gasteiger partial charge in [-0.15, -0.1) is 0 Å². The maximum absolute atomic E-state index is 12.6. The van der Waals surface area contributed by atoms with Crippen molar-refractivity contribution < 1.29 is 19.1 Å². The Morgan fingerprint density at radius 2 is 1.88 bits per heavy atom. The van der Waals surface area contributed by atoms with Crippen LogP contribution < -0.4 is 14.8 Å². The number of ether oxygens (including phenoxy) is 2. The fraction of sp³-hybridized carbons (Fsp3) is 0.556. The highest BCUT2D eigenvalue weighted by Gasteiger charge is 2.38. The second kappa shape index (κ2) is 8.57. The minimum Gasteiger partial charge on any atom is -0.497 e. The number of rotatable bonds is 8. The van der Waals surface area contributed by atoms with E-state index >= 15 is 0 Å². The predicted molar refractivity (Wildman–Crippen MR) is 94.5 cm³/mol. The normalized spacial score (nSPS) is 10.9. The SMILES string of the molecule is CCCCN(C)C(=O)C(C)(C)C(=O)Nc1ccc(OC)cc1OC. The Labute approximate surface area is 144 Å². The molecule has 1 rings (SSSR count). The van der Waals surface area contributed by atoms with Crippen LogP contribution in [0, 0.1) is 5.41 Å². The molecule has 1 aromatic rings. The van der Waals surface area contributed by atoms with Gasteiger partial charge in [0.1, 0.15) is 16.9 Å². The zero-order chi connectivity index (χ0) is 18.3. The quantitative estimate of drug-likeness (QED) is 0.741. The van der Waals surface area contributed by atoms with Crippen LogP contribution in [0.2, 0.25) is 0 Å². The highest BCUT2D eigenvalue weighted by atomic mass is 16.5. The van der Waals surface area contributed by atoms with Crippen LogP contribution in [0.4, 0.5) is 5.69 Å². The molecular formula is C18H28N2O4. The zero-order valence-electron chi connectivity index (χ0n) is 15.4. The Morgan fingerprint density at radius 3 is 2.42 bits per heavy atom. The maximum atomic E-state index is 12.6. The Balaban J connectivity index is 2.91. The van der Waals surface area contributed by atoms with Crippen LogP contribution in [0.1, 0.15) is 33.6 Å². The molecule has 0 aliphatic heterocycles. The van der Waals surface area contributed by atoms with Crippen molar-refractivity contribution in [2.45, 2.75) is 33.6 Å². The lowest BCUT2D eigenvalue weighted by Gasteiger charge is -2.28. The lowest BCUT2D eigenvalue weighted by Crippen LogP contribution is -2.46. The monoisotopic (exact) mass is 336 g/mol. The first-order chi connectivity index (χ1) is 11.3. The third-order valence-electron chi connectivity index (χ3n) is 3.95. The number of carbonyl (C=O) groups is 2. The van der Waals surface area contributed by atoms with Gasteiger partial charge in [-0.3, -0.25) is 9.59 Å². The summed E-state index contributed by atoms with van der Waals surface area (Å²) in [6, 6.07) is 5.09. The number of nitrogens with zero attached hydrogens (tertiary/aromatic N) is 1. The molecule has 0 radical (unpaired) electrons. The molecule has 0 aliphatic carbocycles. The number of carbonyl (C=O) groups excluding carboxylic acids is 2. The third-order valence-corrected chi connectivity index (χ3v) is 3.95. The molecule has 0 aliphatic rings. The molecule has 1 aromatic carbocycles. The van der Waals surface area contributed by atoms with Gasteiger partial charge in [0.05, 0.1) is 19.9 Å². The van der Waals surface area contributed by atoms with Crippen molar-refractivity contribution in [1.29, 1.82) is 0 Å². The second-order valence-corrected chi connectivity index (χ2v) is 6.23. The third kappa shape index (κ3) is 4.63. The Morgan fingerprint density at radius 1 is 1.21 bits per heavy atom. The fourth-order valence-electron chi connectivity index (χ4n) is 2.25.